The van der Waals surface area contributed by atoms with Crippen LogP contribution >= 0.6 is 11.6 Å². The van der Waals surface area contributed by atoms with Crippen LogP contribution in [0.25, 0.3) is 0 Å². The van der Waals surface area contributed by atoms with E-state index < -0.39 is 5.97 Å². The van der Waals surface area contributed by atoms with E-state index >= 15 is 0 Å². The van der Waals surface area contributed by atoms with E-state index in [1.54, 1.807) is 24.9 Å². The largest absolute Gasteiger partial charge is 0.478 e. The van der Waals surface area contributed by atoms with Crippen molar-refractivity contribution in [3.63, 3.8) is 0 Å². The normalized spacial score (nSPS) is 12.3. The zero-order valence-corrected chi connectivity index (χ0v) is 22.6. The first kappa shape index (κ1) is 31.1. The summed E-state index contributed by atoms with van der Waals surface area (Å²) in [5, 5.41) is 11.8. The highest BCUT2D eigenvalue weighted by molar-refractivity contribution is 6.31. The van der Waals surface area contributed by atoms with Crippen LogP contribution in [0.2, 0.25) is 5.02 Å². The van der Waals surface area contributed by atoms with Crippen LogP contribution in [0.4, 0.5) is 17.1 Å². The first-order valence-electron chi connectivity index (χ1n) is 12.3. The average Bonchev–Trinajstić information content (AvgIpc) is 2.99. The zero-order valence-electron chi connectivity index (χ0n) is 21.8. The van der Waals surface area contributed by atoms with Crippen molar-refractivity contribution in [3.8, 4) is 0 Å². The molecule has 0 atom stereocenters. The number of aliphatic carboxylic acids is 1. The molecule has 3 rings (SSSR count). The number of benzene rings is 2. The number of fused-ring (bicyclic) bond motifs is 2. The van der Waals surface area contributed by atoms with Crippen LogP contribution in [-0.2, 0) is 23.9 Å². The molecule has 1 heterocycles. The topological polar surface area (TPSA) is 125 Å². The van der Waals surface area contributed by atoms with E-state index in [-0.39, 0.29) is 18.3 Å². The highest BCUT2D eigenvalue weighted by atomic mass is 35.5. The molecule has 2 N–H and O–H groups in total. The van der Waals surface area contributed by atoms with Crippen molar-refractivity contribution in [2.75, 3.05) is 43.1 Å². The van der Waals surface area contributed by atoms with Crippen LogP contribution in [0.15, 0.2) is 67.0 Å². The lowest BCUT2D eigenvalue weighted by Gasteiger charge is -2.27. The lowest BCUT2D eigenvalue weighted by atomic mass is 10.1. The number of carboxylic acid groups (broad SMARTS) is 1. The fourth-order valence-electron chi connectivity index (χ4n) is 3.73. The van der Waals surface area contributed by atoms with Crippen molar-refractivity contribution >= 4 is 53.0 Å². The van der Waals surface area contributed by atoms with E-state index in [1.165, 1.54) is 6.08 Å². The summed E-state index contributed by atoms with van der Waals surface area (Å²) in [6.07, 6.45) is 6.59. The lowest BCUT2D eigenvalue weighted by molar-refractivity contribution is -0.137. The van der Waals surface area contributed by atoms with Gasteiger partial charge in [0.2, 0.25) is 0 Å². The molecule has 208 valence electrons. The number of carboxylic acids is 1. The summed E-state index contributed by atoms with van der Waals surface area (Å²) < 4.78 is 8.75. The number of esters is 1. The molecule has 0 unspecified atom stereocenters. The average molecular weight is 558 g/mol. The van der Waals surface area contributed by atoms with Crippen molar-refractivity contribution in [2.45, 2.75) is 19.8 Å². The summed E-state index contributed by atoms with van der Waals surface area (Å²) in [5.74, 6) is -1.50. The van der Waals surface area contributed by atoms with Crippen LogP contribution in [0.5, 0.6) is 0 Å². The van der Waals surface area contributed by atoms with Gasteiger partial charge in [-0.25, -0.2) is 9.59 Å². The van der Waals surface area contributed by atoms with Gasteiger partial charge in [0.1, 0.15) is 6.26 Å². The number of unbranched alkanes of at least 4 members (excludes halogenated alkanes) is 1. The Kier molecular flexibility index (Phi) is 13.3. The van der Waals surface area contributed by atoms with Gasteiger partial charge in [-0.3, -0.25) is 9.59 Å². The maximum absolute atomic E-state index is 13.0. The predicted octanol–water partition coefficient (Wildman–Crippen LogP) is 4.31. The van der Waals surface area contributed by atoms with Gasteiger partial charge in [0.25, 0.3) is 12.4 Å². The summed E-state index contributed by atoms with van der Waals surface area (Å²) in [7, 11) is 1.79. The first-order chi connectivity index (χ1) is 18.8. The maximum Gasteiger partial charge on any atom is 0.331 e. The zero-order chi connectivity index (χ0) is 28.6. The fraction of sp³-hybridized carbons (Fsp3) is 0.286. The molecule has 0 aromatic heterocycles. The number of para-hydroxylation sites is 1. The maximum atomic E-state index is 13.0. The van der Waals surface area contributed by atoms with Crippen LogP contribution in [0.1, 0.15) is 30.1 Å². The molecule has 10 nitrogen and oxygen atoms in total. The van der Waals surface area contributed by atoms with Crippen molar-refractivity contribution < 1.29 is 33.8 Å². The summed E-state index contributed by atoms with van der Waals surface area (Å²) in [4.78, 5) is 47.1. The number of carbonyl (C=O) groups is 4. The van der Waals surface area contributed by atoms with Gasteiger partial charge in [0, 0.05) is 31.2 Å². The Labute approximate surface area is 232 Å². The molecule has 0 saturated carbocycles. The number of anilines is 3. The van der Waals surface area contributed by atoms with Crippen molar-refractivity contribution in [1.29, 1.82) is 0 Å². The van der Waals surface area contributed by atoms with Crippen molar-refractivity contribution in [2.24, 2.45) is 0 Å². The van der Waals surface area contributed by atoms with Gasteiger partial charge in [0.05, 0.1) is 35.3 Å². The van der Waals surface area contributed by atoms with E-state index in [1.807, 2.05) is 42.5 Å². The smallest absolute Gasteiger partial charge is 0.331 e. The van der Waals surface area contributed by atoms with Gasteiger partial charge in [0.15, 0.2) is 0 Å². The number of nitrogens with zero attached hydrogens (tertiary/aromatic N) is 2. The molecule has 0 radical (unpaired) electrons. The Morgan fingerprint density at radius 1 is 1.08 bits per heavy atom. The first-order valence-corrected chi connectivity index (χ1v) is 12.6. The number of nitrogens with one attached hydrogen (secondary N) is 1. The molecule has 1 amide bonds. The Morgan fingerprint density at radius 3 is 2.56 bits per heavy atom. The fourth-order valence-corrected chi connectivity index (χ4v) is 3.89. The molecule has 0 bridgehead atoms. The van der Waals surface area contributed by atoms with Crippen LogP contribution in [-0.4, -0.2) is 62.7 Å². The third kappa shape index (κ3) is 9.91. The number of amides is 1. The molecular weight excluding hydrogens is 526 g/mol. The summed E-state index contributed by atoms with van der Waals surface area (Å²) in [5.41, 5.74) is 3.34. The minimum Gasteiger partial charge on any atom is -0.478 e. The number of ether oxygens (including phenoxy) is 2. The van der Waals surface area contributed by atoms with Gasteiger partial charge in [-0.1, -0.05) is 29.8 Å². The second kappa shape index (κ2) is 16.6. The molecule has 0 fully saturated rings. The molecule has 2 aromatic carbocycles. The predicted molar refractivity (Wildman–Crippen MR) is 149 cm³/mol. The third-order valence-electron chi connectivity index (χ3n) is 5.45. The molecule has 0 spiro atoms. The molecule has 1 aliphatic heterocycles. The van der Waals surface area contributed by atoms with Crippen LogP contribution in [0, 0.1) is 0 Å². The number of rotatable bonds is 12. The number of hydrogen-bond acceptors (Lipinski definition) is 8. The summed E-state index contributed by atoms with van der Waals surface area (Å²) in [6, 6.07) is 13.3. The second-order valence-corrected chi connectivity index (χ2v) is 8.54. The monoisotopic (exact) mass is 557 g/mol. The minimum absolute atomic E-state index is 0.0308. The minimum atomic E-state index is -1.15. The van der Waals surface area contributed by atoms with Crippen LogP contribution < -0.4 is 15.1 Å². The standard InChI is InChI=1S/C24H28ClN3O3.C4H4O4/c1-3-31-23(29)11-8-15-26-14-6-7-16-28-20-10-5-4-9-19(20)24(30)27(2)21-13-12-18(25)17-22(21)28;5-3-8-2-1-4(6)7/h4-5,8-13,17,26H,3,6-7,14-16H2,1-2H3;1-3H,(H,6,7)/b11-8+;2-1-. The third-order valence-corrected chi connectivity index (χ3v) is 5.69. The van der Waals surface area contributed by atoms with Gasteiger partial charge in [-0.15, -0.1) is 0 Å². The molecular formula is C28H32ClN3O7. The van der Waals surface area contributed by atoms with E-state index in [9.17, 15) is 19.2 Å². The Morgan fingerprint density at radius 2 is 1.85 bits per heavy atom. The van der Waals surface area contributed by atoms with E-state index in [0.717, 1.165) is 49.3 Å². The summed E-state index contributed by atoms with van der Waals surface area (Å²) >= 11 is 6.30. The van der Waals surface area contributed by atoms with Crippen molar-refractivity contribution in [3.05, 3.63) is 77.5 Å². The Bertz CT molecular complexity index is 1200. The molecule has 0 saturated heterocycles. The molecule has 39 heavy (non-hydrogen) atoms. The van der Waals surface area contributed by atoms with E-state index in [4.69, 9.17) is 21.4 Å². The van der Waals surface area contributed by atoms with E-state index in [2.05, 4.69) is 15.0 Å². The number of carbonyl (C=O) groups excluding carboxylic acids is 3. The Balaban J connectivity index is 0.000000580. The number of hydrogen-bond donors (Lipinski definition) is 2. The molecule has 0 aliphatic carbocycles. The van der Waals surface area contributed by atoms with Crippen LogP contribution in [0.3, 0.4) is 0 Å². The molecule has 2 aromatic rings. The number of halogens is 1. The second-order valence-electron chi connectivity index (χ2n) is 8.10. The van der Waals surface area contributed by atoms with Gasteiger partial charge in [-0.05, 0) is 56.6 Å². The highest BCUT2D eigenvalue weighted by Crippen LogP contribution is 2.41. The van der Waals surface area contributed by atoms with E-state index in [0.29, 0.717) is 29.8 Å². The van der Waals surface area contributed by atoms with Gasteiger partial charge in [-0.2, -0.15) is 0 Å². The quantitative estimate of drug-likeness (QED) is 0.129. The van der Waals surface area contributed by atoms with Crippen molar-refractivity contribution in [1.82, 2.24) is 5.32 Å². The van der Waals surface area contributed by atoms with Gasteiger partial charge < -0.3 is 29.7 Å². The molecule has 1 aliphatic rings. The SMILES string of the molecule is CCOC(=O)/C=C/CNCCCCN1c2ccccc2C(=O)N(C)c2ccc(Cl)cc21.O=CO/C=C\C(=O)O. The van der Waals surface area contributed by atoms with Gasteiger partial charge >= 0.3 is 11.9 Å². The summed E-state index contributed by atoms with van der Waals surface area (Å²) in [6.45, 7) is 4.50. The Hall–Kier alpha value is -4.15. The highest BCUT2D eigenvalue weighted by Gasteiger charge is 2.28. The lowest BCUT2D eigenvalue weighted by Crippen LogP contribution is -2.25. The molecule has 11 heteroatoms.